The molecule has 2 aromatic heterocycles. The maximum Gasteiger partial charge on any atom is 0.322 e. The molecular formula is C29H29N5O5. The van der Waals surface area contributed by atoms with Gasteiger partial charge in [-0.05, 0) is 46.5 Å². The number of hydrogen-bond acceptors (Lipinski definition) is 8. The molecular weight excluding hydrogens is 498 g/mol. The van der Waals surface area contributed by atoms with Gasteiger partial charge in [-0.1, -0.05) is 42.5 Å². The van der Waals surface area contributed by atoms with Crippen molar-refractivity contribution in [2.75, 3.05) is 39.2 Å². The Morgan fingerprint density at radius 3 is 2.64 bits per heavy atom. The first kappa shape index (κ1) is 26.1. The number of pyridine rings is 1. The van der Waals surface area contributed by atoms with E-state index >= 15 is 0 Å². The number of fused-ring (bicyclic) bond motifs is 1. The maximum atomic E-state index is 13.3. The van der Waals surface area contributed by atoms with Gasteiger partial charge >= 0.3 is 5.97 Å². The molecule has 4 aromatic rings. The van der Waals surface area contributed by atoms with Crippen LogP contribution in [-0.2, 0) is 16.0 Å². The van der Waals surface area contributed by atoms with Gasteiger partial charge in [-0.25, -0.2) is 4.98 Å². The predicted molar refractivity (Wildman–Crippen MR) is 146 cm³/mol. The van der Waals surface area contributed by atoms with Crippen molar-refractivity contribution in [2.45, 2.75) is 18.9 Å². The van der Waals surface area contributed by atoms with E-state index in [4.69, 9.17) is 14.6 Å². The largest absolute Gasteiger partial charge is 0.480 e. The predicted octanol–water partition coefficient (Wildman–Crippen LogP) is 3.65. The van der Waals surface area contributed by atoms with Crippen molar-refractivity contribution in [3.63, 3.8) is 0 Å². The lowest BCUT2D eigenvalue weighted by Crippen LogP contribution is -2.31. The first-order chi connectivity index (χ1) is 19.0. The standard InChI is InChI=1S/C29H29N5O5/c1-38-21-12-13-34(17-21)29(37)25-15-20(14-19-8-5-7-18-6-3-4-9-22(18)19)27(33-32-25)23-10-11-24(28(31-23)39-2)30-16-26(35)36/h3-11,15,21,30H,12-14,16-17H2,1-2H3,(H,35,36). The fourth-order valence-electron chi connectivity index (χ4n) is 4.84. The van der Waals surface area contributed by atoms with Gasteiger partial charge in [0.1, 0.15) is 12.2 Å². The molecule has 2 N–H and O–H groups in total. The van der Waals surface area contributed by atoms with Gasteiger partial charge < -0.3 is 24.8 Å². The molecule has 0 aliphatic carbocycles. The van der Waals surface area contributed by atoms with Crippen molar-refractivity contribution in [2.24, 2.45) is 0 Å². The third kappa shape index (κ3) is 5.65. The first-order valence-electron chi connectivity index (χ1n) is 12.6. The number of nitrogens with zero attached hydrogens (tertiary/aromatic N) is 4. The van der Waals surface area contributed by atoms with Gasteiger partial charge in [-0.15, -0.1) is 10.2 Å². The first-order valence-corrected chi connectivity index (χ1v) is 12.6. The highest BCUT2D eigenvalue weighted by Gasteiger charge is 2.28. The number of rotatable bonds is 9. The van der Waals surface area contributed by atoms with Crippen LogP contribution in [0.15, 0.2) is 60.7 Å². The minimum Gasteiger partial charge on any atom is -0.480 e. The zero-order valence-electron chi connectivity index (χ0n) is 21.8. The summed E-state index contributed by atoms with van der Waals surface area (Å²) in [6.07, 6.45) is 1.29. The fraction of sp³-hybridized carbons (Fsp3) is 0.276. The quantitative estimate of drug-likeness (QED) is 0.335. The van der Waals surface area contributed by atoms with Crippen molar-refractivity contribution in [1.82, 2.24) is 20.1 Å². The van der Waals surface area contributed by atoms with Crippen LogP contribution in [0.4, 0.5) is 5.69 Å². The molecule has 10 heteroatoms. The highest BCUT2D eigenvalue weighted by atomic mass is 16.5. The molecule has 0 spiro atoms. The zero-order chi connectivity index (χ0) is 27.4. The average Bonchev–Trinajstić information content (AvgIpc) is 3.45. The Labute approximate surface area is 225 Å². The van der Waals surface area contributed by atoms with Crippen molar-refractivity contribution in [3.05, 3.63) is 77.5 Å². The summed E-state index contributed by atoms with van der Waals surface area (Å²) in [5.41, 5.74) is 3.58. The molecule has 1 fully saturated rings. The van der Waals surface area contributed by atoms with Crippen molar-refractivity contribution >= 4 is 28.3 Å². The minimum absolute atomic E-state index is 0.0150. The zero-order valence-corrected chi connectivity index (χ0v) is 21.8. The second-order valence-corrected chi connectivity index (χ2v) is 9.32. The van der Waals surface area contributed by atoms with E-state index in [-0.39, 0.29) is 30.1 Å². The van der Waals surface area contributed by atoms with Gasteiger partial charge in [0.15, 0.2) is 5.69 Å². The number of methoxy groups -OCH3 is 2. The normalized spacial score (nSPS) is 14.9. The molecule has 1 aliphatic heterocycles. The Morgan fingerprint density at radius 1 is 1.05 bits per heavy atom. The molecule has 1 unspecified atom stereocenters. The number of aliphatic carboxylic acids is 1. The number of anilines is 1. The Hall–Kier alpha value is -4.57. The Balaban J connectivity index is 1.56. The SMILES string of the molecule is COc1nc(-c2nnc(C(=O)N3CCC(OC)C3)cc2Cc2cccc3ccccc23)ccc1NCC(=O)O. The molecule has 1 amide bonds. The molecule has 0 saturated carbocycles. The number of carbonyl (C=O) groups excluding carboxylic acids is 1. The lowest BCUT2D eigenvalue weighted by atomic mass is 9.96. The number of benzene rings is 2. The van der Waals surface area contributed by atoms with Gasteiger partial charge in [0.2, 0.25) is 5.88 Å². The molecule has 39 heavy (non-hydrogen) atoms. The Morgan fingerprint density at radius 2 is 1.87 bits per heavy atom. The molecule has 10 nitrogen and oxygen atoms in total. The summed E-state index contributed by atoms with van der Waals surface area (Å²) >= 11 is 0. The van der Waals surface area contributed by atoms with Crippen LogP contribution in [0, 0.1) is 0 Å². The highest BCUT2D eigenvalue weighted by Crippen LogP contribution is 2.30. The second-order valence-electron chi connectivity index (χ2n) is 9.32. The van der Waals surface area contributed by atoms with Crippen LogP contribution in [0.2, 0.25) is 0 Å². The van der Waals surface area contributed by atoms with Gasteiger partial charge in [-0.2, -0.15) is 0 Å². The van der Waals surface area contributed by atoms with Crippen molar-refractivity contribution in [3.8, 4) is 17.3 Å². The summed E-state index contributed by atoms with van der Waals surface area (Å²) in [5.74, 6) is -0.958. The number of carboxylic acids is 1. The maximum absolute atomic E-state index is 13.3. The topological polar surface area (TPSA) is 127 Å². The molecule has 0 radical (unpaired) electrons. The number of likely N-dealkylation sites (tertiary alicyclic amines) is 1. The van der Waals surface area contributed by atoms with Gasteiger partial charge in [0.05, 0.1) is 24.6 Å². The highest BCUT2D eigenvalue weighted by molar-refractivity contribution is 5.93. The van der Waals surface area contributed by atoms with Gasteiger partial charge in [-0.3, -0.25) is 9.59 Å². The minimum atomic E-state index is -1.00. The summed E-state index contributed by atoms with van der Waals surface area (Å²) in [6.45, 7) is 0.838. The third-order valence-electron chi connectivity index (χ3n) is 6.84. The number of nitrogens with one attached hydrogen (secondary N) is 1. The van der Waals surface area contributed by atoms with E-state index in [1.807, 2.05) is 18.2 Å². The van der Waals surface area contributed by atoms with Gasteiger partial charge in [0.25, 0.3) is 5.91 Å². The van der Waals surface area contributed by atoms with Crippen LogP contribution >= 0.6 is 0 Å². The molecule has 1 saturated heterocycles. The van der Waals surface area contributed by atoms with E-state index < -0.39 is 5.97 Å². The summed E-state index contributed by atoms with van der Waals surface area (Å²) in [7, 11) is 3.12. The monoisotopic (exact) mass is 527 g/mol. The van der Waals surface area contributed by atoms with E-state index in [0.717, 1.165) is 28.3 Å². The Kier molecular flexibility index (Phi) is 7.64. The smallest absolute Gasteiger partial charge is 0.322 e. The molecule has 1 atom stereocenters. The van der Waals surface area contributed by atoms with Crippen LogP contribution in [0.3, 0.4) is 0 Å². The molecule has 200 valence electrons. The summed E-state index contributed by atoms with van der Waals surface area (Å²) in [4.78, 5) is 30.7. The van der Waals surface area contributed by atoms with E-state index in [9.17, 15) is 9.59 Å². The van der Waals surface area contributed by atoms with E-state index in [2.05, 4.69) is 44.8 Å². The lowest BCUT2D eigenvalue weighted by molar-refractivity contribution is -0.134. The fourth-order valence-corrected chi connectivity index (χ4v) is 4.84. The molecule has 3 heterocycles. The number of carbonyl (C=O) groups is 2. The Bertz CT molecular complexity index is 1520. The van der Waals surface area contributed by atoms with Gasteiger partial charge in [0, 0.05) is 26.6 Å². The lowest BCUT2D eigenvalue weighted by Gasteiger charge is -2.17. The number of hydrogen-bond donors (Lipinski definition) is 2. The summed E-state index contributed by atoms with van der Waals surface area (Å²) in [5, 5.41) is 22.8. The van der Waals surface area contributed by atoms with Crippen LogP contribution in [0.5, 0.6) is 5.88 Å². The van der Waals surface area contributed by atoms with E-state index in [0.29, 0.717) is 36.6 Å². The molecule has 2 aromatic carbocycles. The second kappa shape index (κ2) is 11.4. The number of amides is 1. The summed E-state index contributed by atoms with van der Waals surface area (Å²) in [6, 6.07) is 19.5. The number of aromatic nitrogens is 3. The average molecular weight is 528 g/mol. The van der Waals surface area contributed by atoms with E-state index in [1.165, 1.54) is 7.11 Å². The molecule has 0 bridgehead atoms. The summed E-state index contributed by atoms with van der Waals surface area (Å²) < 4.78 is 10.8. The molecule has 1 aliphatic rings. The number of ether oxygens (including phenoxy) is 2. The van der Waals surface area contributed by atoms with Crippen LogP contribution in [0.1, 0.15) is 28.0 Å². The van der Waals surface area contributed by atoms with Crippen molar-refractivity contribution in [1.29, 1.82) is 0 Å². The van der Waals surface area contributed by atoms with E-state index in [1.54, 1.807) is 30.2 Å². The van der Waals surface area contributed by atoms with Crippen LogP contribution < -0.4 is 10.1 Å². The molecule has 5 rings (SSSR count). The number of carboxylic acid groups (broad SMARTS) is 1. The van der Waals surface area contributed by atoms with Crippen LogP contribution in [-0.4, -0.2) is 77.0 Å². The third-order valence-corrected chi connectivity index (χ3v) is 6.84. The van der Waals surface area contributed by atoms with Crippen LogP contribution in [0.25, 0.3) is 22.2 Å². The van der Waals surface area contributed by atoms with Crippen molar-refractivity contribution < 1.29 is 24.2 Å².